The average Bonchev–Trinajstić information content (AvgIpc) is 2.47. The van der Waals surface area contributed by atoms with Gasteiger partial charge >= 0.3 is 0 Å². The topological polar surface area (TPSA) is 21.6 Å². The summed E-state index contributed by atoms with van der Waals surface area (Å²) in [6.07, 6.45) is 1.05. The lowest BCUT2D eigenvalue weighted by molar-refractivity contribution is 0.184. The number of hydrogen-bond donors (Lipinski definition) is 0. The third-order valence-electron chi connectivity index (χ3n) is 3.43. The summed E-state index contributed by atoms with van der Waals surface area (Å²) in [6.45, 7) is 4.22. The Bertz CT molecular complexity index is 613. The quantitative estimate of drug-likeness (QED) is 0.767. The van der Waals surface area contributed by atoms with Crippen LogP contribution in [0.2, 0.25) is 0 Å². The largest absolute Gasteiger partial charge is 0.469 e. The van der Waals surface area contributed by atoms with Crippen LogP contribution in [0.5, 0.6) is 0 Å². The Morgan fingerprint density at radius 3 is 2.53 bits per heavy atom. The summed E-state index contributed by atoms with van der Waals surface area (Å²) < 4.78 is 6.04. The van der Waals surface area contributed by atoms with Gasteiger partial charge in [0.05, 0.1) is 5.69 Å². The van der Waals surface area contributed by atoms with Gasteiger partial charge in [0.25, 0.3) is 0 Å². The summed E-state index contributed by atoms with van der Waals surface area (Å²) in [5.41, 5.74) is 4.49. The highest BCUT2D eigenvalue weighted by Gasteiger charge is 2.22. The lowest BCUT2D eigenvalue weighted by Crippen LogP contribution is -2.16. The number of aliphatic imine (C=N–C) groups is 1. The minimum atomic E-state index is 0.102. The van der Waals surface area contributed by atoms with Crippen LogP contribution in [0, 0.1) is 6.92 Å². The number of nitrogens with zero attached hydrogens (tertiary/aromatic N) is 1. The van der Waals surface area contributed by atoms with Crippen molar-refractivity contribution in [2.75, 3.05) is 0 Å². The first-order valence-corrected chi connectivity index (χ1v) is 6.69. The summed E-state index contributed by atoms with van der Waals surface area (Å²) in [6, 6.07) is 16.5. The van der Waals surface area contributed by atoms with Gasteiger partial charge < -0.3 is 4.74 Å². The minimum Gasteiger partial charge on any atom is -0.469 e. The fourth-order valence-electron chi connectivity index (χ4n) is 2.33. The molecule has 19 heavy (non-hydrogen) atoms. The fourth-order valence-corrected chi connectivity index (χ4v) is 2.33. The molecule has 2 aromatic rings. The fraction of sp³-hybridized carbons (Fsp3) is 0.235. The Morgan fingerprint density at radius 2 is 1.79 bits per heavy atom. The predicted octanol–water partition coefficient (Wildman–Crippen LogP) is 4.55. The smallest absolute Gasteiger partial charge is 0.221 e. The predicted molar refractivity (Wildman–Crippen MR) is 77.9 cm³/mol. The zero-order valence-electron chi connectivity index (χ0n) is 11.3. The van der Waals surface area contributed by atoms with Crippen molar-refractivity contribution in [3.63, 3.8) is 0 Å². The number of para-hydroxylation sites is 1. The molecule has 1 aliphatic heterocycles. The maximum Gasteiger partial charge on any atom is 0.221 e. The van der Waals surface area contributed by atoms with Gasteiger partial charge in [-0.05, 0) is 31.5 Å². The van der Waals surface area contributed by atoms with E-state index >= 15 is 0 Å². The van der Waals surface area contributed by atoms with Gasteiger partial charge in [0.2, 0.25) is 5.90 Å². The van der Waals surface area contributed by atoms with Crippen molar-refractivity contribution in [1.29, 1.82) is 0 Å². The monoisotopic (exact) mass is 251 g/mol. The highest BCUT2D eigenvalue weighted by Crippen LogP contribution is 2.35. The maximum absolute atomic E-state index is 6.04. The molecule has 1 aliphatic rings. The summed E-state index contributed by atoms with van der Waals surface area (Å²) in [7, 11) is 0. The lowest BCUT2D eigenvalue weighted by Gasteiger charge is -2.25. The molecule has 0 radical (unpaired) electrons. The van der Waals surface area contributed by atoms with Gasteiger partial charge in [-0.2, -0.15) is 0 Å². The molecule has 2 aromatic carbocycles. The van der Waals surface area contributed by atoms with Crippen molar-refractivity contribution < 1.29 is 4.74 Å². The zero-order valence-corrected chi connectivity index (χ0v) is 11.3. The van der Waals surface area contributed by atoms with Crippen LogP contribution in [-0.4, -0.2) is 5.90 Å². The molecule has 0 fully saturated rings. The van der Waals surface area contributed by atoms with Gasteiger partial charge in [-0.3, -0.25) is 0 Å². The Balaban J connectivity index is 2.05. The molecule has 1 heterocycles. The van der Waals surface area contributed by atoms with Crippen molar-refractivity contribution in [2.24, 2.45) is 4.99 Å². The van der Waals surface area contributed by atoms with Crippen molar-refractivity contribution in [1.82, 2.24) is 0 Å². The first-order valence-electron chi connectivity index (χ1n) is 6.69. The molecule has 96 valence electrons. The van der Waals surface area contributed by atoms with Gasteiger partial charge in [-0.25, -0.2) is 4.99 Å². The third kappa shape index (κ3) is 2.26. The summed E-state index contributed by atoms with van der Waals surface area (Å²) in [4.78, 5) is 4.64. The SMILES string of the molecule is CCC1OC(c2ccc(C)cc2)=Nc2ccccc21. The van der Waals surface area contributed by atoms with Gasteiger partial charge in [-0.15, -0.1) is 0 Å². The second kappa shape index (κ2) is 4.88. The minimum absolute atomic E-state index is 0.102. The highest BCUT2D eigenvalue weighted by molar-refractivity contribution is 5.97. The van der Waals surface area contributed by atoms with Crippen molar-refractivity contribution >= 4 is 11.6 Å². The van der Waals surface area contributed by atoms with Gasteiger partial charge in [0, 0.05) is 11.1 Å². The molecular weight excluding hydrogens is 234 g/mol. The van der Waals surface area contributed by atoms with E-state index in [1.54, 1.807) is 0 Å². The second-order valence-corrected chi connectivity index (χ2v) is 4.86. The average molecular weight is 251 g/mol. The molecule has 3 rings (SSSR count). The normalized spacial score (nSPS) is 17.4. The van der Waals surface area contributed by atoms with Crippen molar-refractivity contribution in [3.8, 4) is 0 Å². The van der Waals surface area contributed by atoms with Crippen LogP contribution in [0.4, 0.5) is 5.69 Å². The number of ether oxygens (including phenoxy) is 1. The van der Waals surface area contributed by atoms with Gasteiger partial charge in [0.1, 0.15) is 6.10 Å². The Morgan fingerprint density at radius 1 is 1.05 bits per heavy atom. The van der Waals surface area contributed by atoms with Crippen LogP contribution in [-0.2, 0) is 4.74 Å². The first kappa shape index (κ1) is 12.0. The Labute approximate surface area is 113 Å². The molecule has 0 spiro atoms. The second-order valence-electron chi connectivity index (χ2n) is 4.86. The van der Waals surface area contributed by atoms with E-state index in [2.05, 4.69) is 55.2 Å². The number of fused-ring (bicyclic) bond motifs is 1. The Hall–Kier alpha value is -2.09. The molecule has 1 unspecified atom stereocenters. The van der Waals surface area contributed by atoms with E-state index in [0.29, 0.717) is 0 Å². The van der Waals surface area contributed by atoms with Crippen LogP contribution in [0.15, 0.2) is 53.5 Å². The van der Waals surface area contributed by atoms with E-state index in [9.17, 15) is 0 Å². The van der Waals surface area contributed by atoms with E-state index in [1.807, 2.05) is 12.1 Å². The van der Waals surface area contributed by atoms with Crippen LogP contribution < -0.4 is 0 Å². The number of hydrogen-bond acceptors (Lipinski definition) is 2. The molecular formula is C17H17NO. The van der Waals surface area contributed by atoms with Gasteiger partial charge in [0.15, 0.2) is 0 Å². The molecule has 0 aromatic heterocycles. The van der Waals surface area contributed by atoms with E-state index in [-0.39, 0.29) is 6.10 Å². The van der Waals surface area contributed by atoms with E-state index in [1.165, 1.54) is 11.1 Å². The molecule has 0 saturated carbocycles. The van der Waals surface area contributed by atoms with Crippen molar-refractivity contribution in [2.45, 2.75) is 26.4 Å². The molecule has 1 atom stereocenters. The molecule has 0 saturated heterocycles. The molecule has 2 heteroatoms. The first-order chi connectivity index (χ1) is 9.28. The molecule has 0 N–H and O–H groups in total. The van der Waals surface area contributed by atoms with E-state index in [0.717, 1.165) is 23.6 Å². The maximum atomic E-state index is 6.04. The molecule has 0 amide bonds. The zero-order chi connectivity index (χ0) is 13.2. The van der Waals surface area contributed by atoms with Crippen LogP contribution in [0.1, 0.15) is 36.1 Å². The molecule has 0 aliphatic carbocycles. The van der Waals surface area contributed by atoms with E-state index < -0.39 is 0 Å². The standard InChI is InChI=1S/C17H17NO/c1-3-16-14-6-4-5-7-15(14)18-17(19-16)13-10-8-12(2)9-11-13/h4-11,16H,3H2,1-2H3. The third-order valence-corrected chi connectivity index (χ3v) is 3.43. The summed E-state index contributed by atoms with van der Waals surface area (Å²) >= 11 is 0. The van der Waals surface area contributed by atoms with Gasteiger partial charge in [-0.1, -0.05) is 42.8 Å². The van der Waals surface area contributed by atoms with E-state index in [4.69, 9.17) is 4.74 Å². The van der Waals surface area contributed by atoms with Crippen LogP contribution in [0.25, 0.3) is 0 Å². The molecule has 2 nitrogen and oxygen atoms in total. The lowest BCUT2D eigenvalue weighted by atomic mass is 10.0. The van der Waals surface area contributed by atoms with Crippen molar-refractivity contribution in [3.05, 3.63) is 65.2 Å². The molecule has 0 bridgehead atoms. The van der Waals surface area contributed by atoms with Crippen LogP contribution >= 0.6 is 0 Å². The summed E-state index contributed by atoms with van der Waals surface area (Å²) in [5.74, 6) is 0.727. The summed E-state index contributed by atoms with van der Waals surface area (Å²) in [5, 5.41) is 0. The number of rotatable bonds is 2. The van der Waals surface area contributed by atoms with Crippen LogP contribution in [0.3, 0.4) is 0 Å². The highest BCUT2D eigenvalue weighted by atomic mass is 16.5. The number of aryl methyl sites for hydroxylation is 1. The Kier molecular flexibility index (Phi) is 3.08. The number of benzene rings is 2.